The van der Waals surface area contributed by atoms with Crippen LogP contribution in [0, 0.1) is 0 Å². The Morgan fingerprint density at radius 1 is 1.23 bits per heavy atom. The zero-order valence-corrected chi connectivity index (χ0v) is 23.7. The number of alkyl halides is 2. The SMILES string of the molecule is C=CCCc1ccc(C(=O)Nc2cccc([S@](C)(=O)=NC(=O)OC(C)(C)C)c2)c(N2CCCC(F)(F)CC2)n1. The molecule has 0 unspecified atom stereocenters. The minimum atomic E-state index is -3.16. The van der Waals surface area contributed by atoms with Gasteiger partial charge in [-0.3, -0.25) is 4.79 Å². The van der Waals surface area contributed by atoms with Gasteiger partial charge in [0.1, 0.15) is 11.4 Å². The highest BCUT2D eigenvalue weighted by atomic mass is 32.2. The number of rotatable bonds is 7. The van der Waals surface area contributed by atoms with E-state index in [2.05, 4.69) is 21.2 Å². The third-order valence-electron chi connectivity index (χ3n) is 5.97. The van der Waals surface area contributed by atoms with Crippen LogP contribution in [0.1, 0.15) is 62.5 Å². The second-order valence-corrected chi connectivity index (χ2v) is 12.8. The van der Waals surface area contributed by atoms with Gasteiger partial charge in [-0.1, -0.05) is 12.1 Å². The Hall–Kier alpha value is -3.34. The lowest BCUT2D eigenvalue weighted by atomic mass is 10.1. The van der Waals surface area contributed by atoms with E-state index in [4.69, 9.17) is 4.74 Å². The van der Waals surface area contributed by atoms with Crippen molar-refractivity contribution in [2.45, 2.75) is 69.3 Å². The summed E-state index contributed by atoms with van der Waals surface area (Å²) in [6, 6.07) is 9.61. The van der Waals surface area contributed by atoms with Gasteiger partial charge in [-0.25, -0.2) is 22.8 Å². The summed E-state index contributed by atoms with van der Waals surface area (Å²) < 4.78 is 50.2. The number of aryl methyl sites for hydroxylation is 1. The minimum Gasteiger partial charge on any atom is -0.442 e. The van der Waals surface area contributed by atoms with Crippen molar-refractivity contribution in [3.05, 3.63) is 60.3 Å². The number of amides is 2. The van der Waals surface area contributed by atoms with Crippen LogP contribution in [-0.2, 0) is 20.9 Å². The molecule has 0 aliphatic carbocycles. The average molecular weight is 563 g/mol. The van der Waals surface area contributed by atoms with Crippen LogP contribution in [0.4, 0.5) is 25.1 Å². The number of halogens is 2. The van der Waals surface area contributed by atoms with E-state index in [-0.39, 0.29) is 36.3 Å². The lowest BCUT2D eigenvalue weighted by molar-refractivity contribution is -0.0102. The topological polar surface area (TPSA) is 101 Å². The normalized spacial score (nSPS) is 16.9. The first-order chi connectivity index (χ1) is 18.2. The van der Waals surface area contributed by atoms with E-state index in [0.717, 1.165) is 5.69 Å². The zero-order valence-electron chi connectivity index (χ0n) is 22.8. The van der Waals surface area contributed by atoms with Gasteiger partial charge in [0.25, 0.3) is 5.91 Å². The number of carbonyl (C=O) groups is 2. The Kier molecular flexibility index (Phi) is 9.47. The van der Waals surface area contributed by atoms with Crippen LogP contribution >= 0.6 is 0 Å². The molecule has 0 spiro atoms. The van der Waals surface area contributed by atoms with Gasteiger partial charge in [-0.05, 0) is 70.4 Å². The molecule has 0 radical (unpaired) electrons. The summed E-state index contributed by atoms with van der Waals surface area (Å²) in [7, 11) is -3.16. The number of benzene rings is 1. The van der Waals surface area contributed by atoms with Crippen LogP contribution in [0.25, 0.3) is 0 Å². The number of hydrogen-bond donors (Lipinski definition) is 1. The number of anilines is 2. The van der Waals surface area contributed by atoms with Crippen molar-refractivity contribution in [1.29, 1.82) is 0 Å². The van der Waals surface area contributed by atoms with Crippen LogP contribution < -0.4 is 10.2 Å². The molecule has 1 aliphatic heterocycles. The minimum absolute atomic E-state index is 0.0741. The predicted octanol–water partition coefficient (Wildman–Crippen LogP) is 6.47. The summed E-state index contributed by atoms with van der Waals surface area (Å²) in [6.07, 6.45) is 3.18. The summed E-state index contributed by atoms with van der Waals surface area (Å²) in [5.41, 5.74) is 0.510. The first kappa shape index (κ1) is 30.2. The maximum atomic E-state index is 14.0. The smallest absolute Gasteiger partial charge is 0.442 e. The standard InChI is InChI=1S/C28H36F2N4O4S/c1-6-7-10-20-13-14-23(24(31-20)34-17-9-15-28(29,30)16-18-34)25(35)32-21-11-8-12-22(19-21)39(5,37)33-26(36)38-27(2,3)4/h6,8,11-14,19H,1,7,9-10,15-18H2,2-5H3,(H,32,35)/t39-/m0/s1. The first-order valence-corrected chi connectivity index (χ1v) is 14.7. The van der Waals surface area contributed by atoms with Crippen molar-refractivity contribution >= 4 is 33.2 Å². The average Bonchev–Trinajstić information content (AvgIpc) is 3.01. The van der Waals surface area contributed by atoms with E-state index in [9.17, 15) is 22.6 Å². The number of pyridine rings is 1. The van der Waals surface area contributed by atoms with Crippen molar-refractivity contribution in [3.63, 3.8) is 0 Å². The van der Waals surface area contributed by atoms with E-state index in [0.29, 0.717) is 30.9 Å². The highest BCUT2D eigenvalue weighted by Crippen LogP contribution is 2.31. The van der Waals surface area contributed by atoms with Crippen LogP contribution in [0.3, 0.4) is 0 Å². The first-order valence-electron chi connectivity index (χ1n) is 12.8. The molecule has 1 atom stereocenters. The Balaban J connectivity index is 1.90. The molecule has 39 heavy (non-hydrogen) atoms. The van der Waals surface area contributed by atoms with Crippen LogP contribution in [0.15, 0.2) is 58.3 Å². The number of nitrogens with zero attached hydrogens (tertiary/aromatic N) is 3. The van der Waals surface area contributed by atoms with Gasteiger partial charge >= 0.3 is 6.09 Å². The van der Waals surface area contributed by atoms with Gasteiger partial charge < -0.3 is 15.0 Å². The molecule has 212 valence electrons. The lowest BCUT2D eigenvalue weighted by Gasteiger charge is -2.24. The fourth-order valence-corrected chi connectivity index (χ4v) is 5.16. The molecule has 1 aliphatic rings. The molecule has 0 bridgehead atoms. The molecule has 1 aromatic heterocycles. The Labute approximate surface area is 229 Å². The van der Waals surface area contributed by atoms with Gasteiger partial charge in [0.15, 0.2) is 0 Å². The van der Waals surface area contributed by atoms with Crippen molar-refractivity contribution in [2.75, 3.05) is 29.6 Å². The highest BCUT2D eigenvalue weighted by Gasteiger charge is 2.33. The van der Waals surface area contributed by atoms with Crippen molar-refractivity contribution in [2.24, 2.45) is 4.36 Å². The number of allylic oxidation sites excluding steroid dienone is 1. The third-order valence-corrected chi connectivity index (χ3v) is 7.60. The fourth-order valence-electron chi connectivity index (χ4n) is 4.05. The van der Waals surface area contributed by atoms with Gasteiger partial charge in [0.2, 0.25) is 5.92 Å². The summed E-state index contributed by atoms with van der Waals surface area (Å²) in [5.74, 6) is -2.90. The summed E-state index contributed by atoms with van der Waals surface area (Å²) >= 11 is 0. The zero-order chi connectivity index (χ0) is 28.8. The van der Waals surface area contributed by atoms with Crippen molar-refractivity contribution in [1.82, 2.24) is 4.98 Å². The quantitative estimate of drug-likeness (QED) is 0.388. The van der Waals surface area contributed by atoms with E-state index >= 15 is 0 Å². The molecule has 11 heteroatoms. The Bertz CT molecular complexity index is 1350. The predicted molar refractivity (Wildman–Crippen MR) is 149 cm³/mol. The molecule has 8 nitrogen and oxygen atoms in total. The van der Waals surface area contributed by atoms with Crippen LogP contribution in [-0.4, -0.2) is 52.1 Å². The molecular formula is C28H36F2N4O4S. The third kappa shape index (κ3) is 8.84. The Morgan fingerprint density at radius 2 is 1.97 bits per heavy atom. The molecule has 0 saturated carbocycles. The molecule has 1 N–H and O–H groups in total. The monoisotopic (exact) mass is 562 g/mol. The van der Waals surface area contributed by atoms with E-state index in [1.54, 1.807) is 62.1 Å². The summed E-state index contributed by atoms with van der Waals surface area (Å²) in [4.78, 5) is 32.2. The van der Waals surface area contributed by atoms with Gasteiger partial charge in [0, 0.05) is 48.5 Å². The Morgan fingerprint density at radius 3 is 2.67 bits per heavy atom. The summed E-state index contributed by atoms with van der Waals surface area (Å²) in [6.45, 7) is 9.20. The molecule has 1 saturated heterocycles. The second kappa shape index (κ2) is 12.2. The summed E-state index contributed by atoms with van der Waals surface area (Å²) in [5, 5.41) is 2.78. The maximum Gasteiger partial charge on any atom is 0.442 e. The maximum absolute atomic E-state index is 14.0. The second-order valence-electron chi connectivity index (χ2n) is 10.6. The van der Waals surface area contributed by atoms with E-state index in [1.165, 1.54) is 12.3 Å². The molecule has 1 fully saturated rings. The van der Waals surface area contributed by atoms with Gasteiger partial charge in [0.05, 0.1) is 15.3 Å². The van der Waals surface area contributed by atoms with Gasteiger partial charge in [-0.2, -0.15) is 0 Å². The van der Waals surface area contributed by atoms with Crippen molar-refractivity contribution < 1.29 is 27.3 Å². The van der Waals surface area contributed by atoms with Gasteiger partial charge in [-0.15, -0.1) is 10.9 Å². The number of hydrogen-bond acceptors (Lipinski definition) is 6. The molecule has 2 amide bonds. The molecule has 2 heterocycles. The number of ether oxygens (including phenoxy) is 1. The number of carbonyl (C=O) groups excluding carboxylic acids is 2. The molecular weight excluding hydrogens is 526 g/mol. The lowest BCUT2D eigenvalue weighted by Crippen LogP contribution is -2.29. The fraction of sp³-hybridized carbons (Fsp3) is 0.464. The highest BCUT2D eigenvalue weighted by molar-refractivity contribution is 7.93. The number of aromatic nitrogens is 1. The largest absolute Gasteiger partial charge is 0.442 e. The van der Waals surface area contributed by atoms with Crippen LogP contribution in [0.2, 0.25) is 0 Å². The number of nitrogens with one attached hydrogen (secondary N) is 1. The molecule has 1 aromatic carbocycles. The van der Waals surface area contributed by atoms with Crippen molar-refractivity contribution in [3.8, 4) is 0 Å². The van der Waals surface area contributed by atoms with E-state index < -0.39 is 33.3 Å². The van der Waals surface area contributed by atoms with E-state index in [1.807, 2.05) is 0 Å². The molecule has 2 aromatic rings. The van der Waals surface area contributed by atoms with Crippen LogP contribution in [0.5, 0.6) is 0 Å². The molecule has 3 rings (SSSR count).